The number of benzene rings is 1. The monoisotopic (exact) mass is 269 g/mol. The molecule has 0 aliphatic heterocycles. The van der Waals surface area contributed by atoms with Crippen LogP contribution in [-0.2, 0) is 4.79 Å². The van der Waals surface area contributed by atoms with E-state index in [1.807, 2.05) is 43.0 Å². The molecular weight excluding hydrogens is 250 g/mol. The Labute approximate surface area is 113 Å². The standard InChI is InChI=1S/C14H20ClNO2/c1-4-13(11-5-7-12(15)8-6-11)16(10(2)3)9-14(17)18/h5-8,10,13H,4,9H2,1-3H3,(H,17,18). The summed E-state index contributed by atoms with van der Waals surface area (Å²) in [5.41, 5.74) is 1.11. The molecule has 1 atom stereocenters. The third-order valence-corrected chi connectivity index (χ3v) is 3.27. The quantitative estimate of drug-likeness (QED) is 0.858. The van der Waals surface area contributed by atoms with Gasteiger partial charge in [0.15, 0.2) is 0 Å². The van der Waals surface area contributed by atoms with Gasteiger partial charge in [-0.3, -0.25) is 9.69 Å². The van der Waals surface area contributed by atoms with Gasteiger partial charge in [0, 0.05) is 17.1 Å². The summed E-state index contributed by atoms with van der Waals surface area (Å²) in [7, 11) is 0. The Hall–Kier alpha value is -1.06. The molecule has 1 unspecified atom stereocenters. The summed E-state index contributed by atoms with van der Waals surface area (Å²) < 4.78 is 0. The Kier molecular flexibility index (Phi) is 5.63. The minimum Gasteiger partial charge on any atom is -0.480 e. The van der Waals surface area contributed by atoms with E-state index in [0.29, 0.717) is 5.02 Å². The van der Waals surface area contributed by atoms with Gasteiger partial charge in [-0.05, 0) is 38.0 Å². The maximum absolute atomic E-state index is 11.0. The molecule has 1 N–H and O–H groups in total. The molecule has 100 valence electrons. The second kappa shape index (κ2) is 6.76. The maximum atomic E-state index is 11.0. The fraction of sp³-hybridized carbons (Fsp3) is 0.500. The first kappa shape index (κ1) is 15.0. The van der Waals surface area contributed by atoms with Crippen LogP contribution in [0.15, 0.2) is 24.3 Å². The average Bonchev–Trinajstić information content (AvgIpc) is 2.30. The topological polar surface area (TPSA) is 40.5 Å². The van der Waals surface area contributed by atoms with Crippen LogP contribution in [0.4, 0.5) is 0 Å². The molecule has 0 radical (unpaired) electrons. The Bertz CT molecular complexity index is 389. The van der Waals surface area contributed by atoms with E-state index in [-0.39, 0.29) is 18.6 Å². The van der Waals surface area contributed by atoms with E-state index >= 15 is 0 Å². The van der Waals surface area contributed by atoms with E-state index in [1.54, 1.807) is 0 Å². The van der Waals surface area contributed by atoms with Crippen LogP contribution in [0.3, 0.4) is 0 Å². The number of halogens is 1. The third kappa shape index (κ3) is 4.00. The van der Waals surface area contributed by atoms with Gasteiger partial charge in [-0.15, -0.1) is 0 Å². The Morgan fingerprint density at radius 1 is 1.33 bits per heavy atom. The predicted octanol–water partition coefficient (Wildman–Crippen LogP) is 3.59. The highest BCUT2D eigenvalue weighted by Crippen LogP contribution is 2.27. The maximum Gasteiger partial charge on any atom is 0.317 e. The zero-order valence-corrected chi connectivity index (χ0v) is 11.8. The van der Waals surface area contributed by atoms with Crippen molar-refractivity contribution in [1.82, 2.24) is 4.90 Å². The van der Waals surface area contributed by atoms with Crippen molar-refractivity contribution in [2.75, 3.05) is 6.54 Å². The third-order valence-electron chi connectivity index (χ3n) is 3.02. The summed E-state index contributed by atoms with van der Waals surface area (Å²) >= 11 is 5.88. The van der Waals surface area contributed by atoms with E-state index < -0.39 is 5.97 Å². The van der Waals surface area contributed by atoms with Crippen LogP contribution in [0.25, 0.3) is 0 Å². The number of hydrogen-bond donors (Lipinski definition) is 1. The second-order valence-corrected chi connectivity index (χ2v) is 5.07. The fourth-order valence-electron chi connectivity index (χ4n) is 2.16. The van der Waals surface area contributed by atoms with Crippen LogP contribution in [0.1, 0.15) is 38.8 Å². The van der Waals surface area contributed by atoms with Crippen LogP contribution in [-0.4, -0.2) is 28.6 Å². The molecule has 1 aromatic carbocycles. The van der Waals surface area contributed by atoms with E-state index in [1.165, 1.54) is 0 Å². The van der Waals surface area contributed by atoms with E-state index in [4.69, 9.17) is 16.7 Å². The first-order valence-corrected chi connectivity index (χ1v) is 6.56. The van der Waals surface area contributed by atoms with Gasteiger partial charge in [0.05, 0.1) is 6.54 Å². The number of rotatable bonds is 6. The van der Waals surface area contributed by atoms with Crippen molar-refractivity contribution in [3.8, 4) is 0 Å². The van der Waals surface area contributed by atoms with Gasteiger partial charge >= 0.3 is 5.97 Å². The molecule has 18 heavy (non-hydrogen) atoms. The molecule has 0 amide bonds. The summed E-state index contributed by atoms with van der Waals surface area (Å²) in [4.78, 5) is 12.9. The minimum atomic E-state index is -0.795. The molecule has 0 heterocycles. The summed E-state index contributed by atoms with van der Waals surface area (Å²) in [5.74, 6) is -0.795. The average molecular weight is 270 g/mol. The van der Waals surface area contributed by atoms with E-state index in [9.17, 15) is 4.79 Å². The number of carboxylic acid groups (broad SMARTS) is 1. The smallest absolute Gasteiger partial charge is 0.317 e. The second-order valence-electron chi connectivity index (χ2n) is 4.64. The summed E-state index contributed by atoms with van der Waals surface area (Å²) in [5, 5.41) is 9.70. The van der Waals surface area contributed by atoms with Gasteiger partial charge in [0.1, 0.15) is 0 Å². The molecular formula is C14H20ClNO2. The molecule has 4 heteroatoms. The van der Waals surface area contributed by atoms with Gasteiger partial charge in [0.2, 0.25) is 0 Å². The van der Waals surface area contributed by atoms with Gasteiger partial charge in [-0.2, -0.15) is 0 Å². The van der Waals surface area contributed by atoms with Crippen molar-refractivity contribution < 1.29 is 9.90 Å². The lowest BCUT2D eigenvalue weighted by Gasteiger charge is -2.33. The van der Waals surface area contributed by atoms with Crippen LogP contribution in [0.2, 0.25) is 5.02 Å². The number of carbonyl (C=O) groups is 1. The van der Waals surface area contributed by atoms with Gasteiger partial charge in [-0.1, -0.05) is 30.7 Å². The Balaban J connectivity index is 2.97. The highest BCUT2D eigenvalue weighted by molar-refractivity contribution is 6.30. The summed E-state index contributed by atoms with van der Waals surface area (Å²) in [6, 6.07) is 7.92. The molecule has 0 aliphatic carbocycles. The molecule has 0 bridgehead atoms. The van der Waals surface area contributed by atoms with Crippen molar-refractivity contribution in [2.45, 2.75) is 39.3 Å². The van der Waals surface area contributed by atoms with Crippen molar-refractivity contribution in [1.29, 1.82) is 0 Å². The van der Waals surface area contributed by atoms with Gasteiger partial charge in [-0.25, -0.2) is 0 Å². The molecule has 1 rings (SSSR count). The number of hydrogen-bond acceptors (Lipinski definition) is 2. The molecule has 0 saturated carbocycles. The molecule has 0 spiro atoms. The fourth-order valence-corrected chi connectivity index (χ4v) is 2.28. The number of nitrogens with zero attached hydrogens (tertiary/aromatic N) is 1. The highest BCUT2D eigenvalue weighted by Gasteiger charge is 2.23. The molecule has 1 aromatic rings. The summed E-state index contributed by atoms with van der Waals surface area (Å²) in [6.07, 6.45) is 0.868. The minimum absolute atomic E-state index is 0.0544. The molecule has 0 aliphatic rings. The van der Waals surface area contributed by atoms with Crippen molar-refractivity contribution in [2.24, 2.45) is 0 Å². The van der Waals surface area contributed by atoms with Crippen molar-refractivity contribution in [3.63, 3.8) is 0 Å². The lowest BCUT2D eigenvalue weighted by atomic mass is 10.0. The Morgan fingerprint density at radius 2 is 1.89 bits per heavy atom. The first-order chi connectivity index (χ1) is 8.45. The van der Waals surface area contributed by atoms with Gasteiger partial charge < -0.3 is 5.11 Å². The molecule has 3 nitrogen and oxygen atoms in total. The highest BCUT2D eigenvalue weighted by atomic mass is 35.5. The van der Waals surface area contributed by atoms with Crippen LogP contribution in [0.5, 0.6) is 0 Å². The number of aliphatic carboxylic acids is 1. The largest absolute Gasteiger partial charge is 0.480 e. The zero-order valence-electron chi connectivity index (χ0n) is 11.1. The molecule has 0 aromatic heterocycles. The van der Waals surface area contributed by atoms with Crippen LogP contribution in [0, 0.1) is 0 Å². The van der Waals surface area contributed by atoms with Crippen LogP contribution >= 0.6 is 11.6 Å². The normalized spacial score (nSPS) is 13.0. The summed E-state index contributed by atoms with van der Waals surface area (Å²) in [6.45, 7) is 6.15. The van der Waals surface area contributed by atoms with E-state index in [2.05, 4.69) is 6.92 Å². The first-order valence-electron chi connectivity index (χ1n) is 6.18. The van der Waals surface area contributed by atoms with E-state index in [0.717, 1.165) is 12.0 Å². The predicted molar refractivity (Wildman–Crippen MR) is 74.0 cm³/mol. The van der Waals surface area contributed by atoms with Crippen molar-refractivity contribution in [3.05, 3.63) is 34.9 Å². The number of carboxylic acids is 1. The lowest BCUT2D eigenvalue weighted by Crippen LogP contribution is -2.38. The van der Waals surface area contributed by atoms with Crippen LogP contribution < -0.4 is 0 Å². The Morgan fingerprint density at radius 3 is 2.28 bits per heavy atom. The SMILES string of the molecule is CCC(c1ccc(Cl)cc1)N(CC(=O)O)C(C)C. The zero-order chi connectivity index (χ0) is 13.7. The molecule has 0 saturated heterocycles. The molecule has 0 fully saturated rings. The van der Waals surface area contributed by atoms with Crippen molar-refractivity contribution >= 4 is 17.6 Å². The lowest BCUT2D eigenvalue weighted by molar-refractivity contribution is -0.139. The van der Waals surface area contributed by atoms with Gasteiger partial charge in [0.25, 0.3) is 0 Å².